The van der Waals surface area contributed by atoms with E-state index in [4.69, 9.17) is 5.26 Å². The fourth-order valence-electron chi connectivity index (χ4n) is 1.67. The standard InChI is InChI=1S/C12H12BrN3/c1-12(2,3)11-15-9(6-14)10-5-4-8(13)7-16(10)11/h4-5,7H,1-3H3. The monoisotopic (exact) mass is 277 g/mol. The first-order chi connectivity index (χ1) is 7.43. The Bertz CT molecular complexity index is 585. The van der Waals surface area contributed by atoms with Gasteiger partial charge in [0.25, 0.3) is 0 Å². The number of hydrogen-bond acceptors (Lipinski definition) is 2. The molecule has 0 unspecified atom stereocenters. The molecule has 0 aliphatic rings. The molecule has 0 bridgehead atoms. The van der Waals surface area contributed by atoms with Crippen molar-refractivity contribution in [3.8, 4) is 6.07 Å². The topological polar surface area (TPSA) is 41.1 Å². The molecule has 0 atom stereocenters. The highest BCUT2D eigenvalue weighted by molar-refractivity contribution is 9.10. The van der Waals surface area contributed by atoms with E-state index < -0.39 is 0 Å². The molecule has 82 valence electrons. The van der Waals surface area contributed by atoms with E-state index in [9.17, 15) is 0 Å². The Hall–Kier alpha value is -1.34. The summed E-state index contributed by atoms with van der Waals surface area (Å²) in [5.74, 6) is 0.903. The number of pyridine rings is 1. The summed E-state index contributed by atoms with van der Waals surface area (Å²) in [6, 6.07) is 5.96. The maximum absolute atomic E-state index is 9.05. The van der Waals surface area contributed by atoms with Gasteiger partial charge in [0, 0.05) is 16.1 Å². The van der Waals surface area contributed by atoms with Crippen molar-refractivity contribution in [3.05, 3.63) is 34.3 Å². The summed E-state index contributed by atoms with van der Waals surface area (Å²) in [5.41, 5.74) is 1.26. The lowest BCUT2D eigenvalue weighted by atomic mass is 9.96. The molecule has 0 saturated carbocycles. The second-order valence-corrected chi connectivity index (χ2v) is 5.66. The molecule has 0 aliphatic carbocycles. The molecule has 0 amide bonds. The lowest BCUT2D eigenvalue weighted by Gasteiger charge is -2.16. The summed E-state index contributed by atoms with van der Waals surface area (Å²) >= 11 is 3.43. The predicted molar refractivity (Wildman–Crippen MR) is 66.3 cm³/mol. The van der Waals surface area contributed by atoms with Gasteiger partial charge in [0.1, 0.15) is 11.9 Å². The highest BCUT2D eigenvalue weighted by Crippen LogP contribution is 2.25. The summed E-state index contributed by atoms with van der Waals surface area (Å²) in [6.45, 7) is 6.26. The van der Waals surface area contributed by atoms with Crippen LogP contribution in [0.25, 0.3) is 5.52 Å². The van der Waals surface area contributed by atoms with E-state index in [1.807, 2.05) is 22.7 Å². The first-order valence-electron chi connectivity index (χ1n) is 5.01. The minimum Gasteiger partial charge on any atom is -0.301 e. The molecule has 2 rings (SSSR count). The Labute approximate surface area is 103 Å². The smallest absolute Gasteiger partial charge is 0.166 e. The van der Waals surface area contributed by atoms with Crippen molar-refractivity contribution in [2.75, 3.05) is 0 Å². The molecule has 16 heavy (non-hydrogen) atoms. The quantitative estimate of drug-likeness (QED) is 0.742. The van der Waals surface area contributed by atoms with Crippen molar-refractivity contribution in [2.45, 2.75) is 26.2 Å². The Balaban J connectivity index is 2.86. The first-order valence-corrected chi connectivity index (χ1v) is 5.81. The third kappa shape index (κ3) is 1.72. The molecule has 0 aliphatic heterocycles. The van der Waals surface area contributed by atoms with Crippen LogP contribution >= 0.6 is 15.9 Å². The third-order valence-corrected chi connectivity index (χ3v) is 2.85. The van der Waals surface area contributed by atoms with Crippen molar-refractivity contribution in [1.82, 2.24) is 9.38 Å². The average molecular weight is 278 g/mol. The Morgan fingerprint density at radius 2 is 2.06 bits per heavy atom. The van der Waals surface area contributed by atoms with Gasteiger partial charge >= 0.3 is 0 Å². The lowest BCUT2D eigenvalue weighted by Crippen LogP contribution is -2.15. The van der Waals surface area contributed by atoms with Gasteiger partial charge in [-0.2, -0.15) is 5.26 Å². The number of nitriles is 1. The zero-order valence-corrected chi connectivity index (χ0v) is 11.0. The van der Waals surface area contributed by atoms with E-state index in [-0.39, 0.29) is 5.41 Å². The van der Waals surface area contributed by atoms with Crippen LogP contribution in [-0.2, 0) is 5.41 Å². The lowest BCUT2D eigenvalue weighted by molar-refractivity contribution is 0.542. The van der Waals surface area contributed by atoms with Gasteiger partial charge in [0.2, 0.25) is 0 Å². The highest BCUT2D eigenvalue weighted by Gasteiger charge is 2.22. The fraction of sp³-hybridized carbons (Fsp3) is 0.333. The number of nitrogens with zero attached hydrogens (tertiary/aromatic N) is 3. The van der Waals surface area contributed by atoms with Crippen LogP contribution in [0, 0.1) is 11.3 Å². The SMILES string of the molecule is CC(C)(C)c1nc(C#N)c2ccc(Br)cn12. The summed E-state index contributed by atoms with van der Waals surface area (Å²) in [5, 5.41) is 9.05. The van der Waals surface area contributed by atoms with Crippen molar-refractivity contribution in [2.24, 2.45) is 0 Å². The molecule has 0 fully saturated rings. The van der Waals surface area contributed by atoms with Crippen LogP contribution in [0.15, 0.2) is 22.8 Å². The fourth-order valence-corrected chi connectivity index (χ4v) is 2.01. The summed E-state index contributed by atoms with van der Waals surface area (Å²) in [4.78, 5) is 4.40. The van der Waals surface area contributed by atoms with Crippen LogP contribution < -0.4 is 0 Å². The van der Waals surface area contributed by atoms with Gasteiger partial charge in [-0.15, -0.1) is 0 Å². The van der Waals surface area contributed by atoms with Gasteiger partial charge in [0.15, 0.2) is 5.69 Å². The second kappa shape index (κ2) is 3.60. The normalized spacial score (nSPS) is 11.7. The van der Waals surface area contributed by atoms with Crippen LogP contribution in [-0.4, -0.2) is 9.38 Å². The molecule has 2 aromatic heterocycles. The summed E-state index contributed by atoms with van der Waals surface area (Å²) < 4.78 is 2.95. The van der Waals surface area contributed by atoms with E-state index in [1.165, 1.54) is 0 Å². The van der Waals surface area contributed by atoms with Crippen molar-refractivity contribution in [3.63, 3.8) is 0 Å². The molecule has 0 spiro atoms. The molecular weight excluding hydrogens is 266 g/mol. The molecule has 2 aromatic rings. The van der Waals surface area contributed by atoms with E-state index in [0.717, 1.165) is 15.8 Å². The number of aromatic nitrogens is 2. The van der Waals surface area contributed by atoms with E-state index in [0.29, 0.717) is 5.69 Å². The van der Waals surface area contributed by atoms with Crippen LogP contribution in [0.4, 0.5) is 0 Å². The van der Waals surface area contributed by atoms with Crippen molar-refractivity contribution < 1.29 is 0 Å². The van der Waals surface area contributed by atoms with Crippen molar-refractivity contribution >= 4 is 21.4 Å². The van der Waals surface area contributed by atoms with Gasteiger partial charge in [-0.3, -0.25) is 0 Å². The Kier molecular flexibility index (Phi) is 2.51. The maximum atomic E-state index is 9.05. The van der Waals surface area contributed by atoms with Crippen LogP contribution in [0.3, 0.4) is 0 Å². The van der Waals surface area contributed by atoms with Gasteiger partial charge in [-0.1, -0.05) is 20.8 Å². The number of rotatable bonds is 0. The minimum absolute atomic E-state index is 0.0845. The Morgan fingerprint density at radius 1 is 1.38 bits per heavy atom. The van der Waals surface area contributed by atoms with E-state index in [2.05, 4.69) is 47.8 Å². The number of halogens is 1. The largest absolute Gasteiger partial charge is 0.301 e. The van der Waals surface area contributed by atoms with E-state index >= 15 is 0 Å². The predicted octanol–water partition coefficient (Wildman–Crippen LogP) is 3.27. The molecule has 4 heteroatoms. The van der Waals surface area contributed by atoms with Gasteiger partial charge in [0.05, 0.1) is 5.52 Å². The van der Waals surface area contributed by atoms with Gasteiger partial charge in [-0.05, 0) is 28.1 Å². The first kappa shape index (κ1) is 11.2. The summed E-state index contributed by atoms with van der Waals surface area (Å²) in [6.07, 6.45) is 1.95. The number of fused-ring (bicyclic) bond motifs is 1. The number of imidazole rings is 1. The molecule has 3 nitrogen and oxygen atoms in total. The maximum Gasteiger partial charge on any atom is 0.166 e. The van der Waals surface area contributed by atoms with Crippen LogP contribution in [0.1, 0.15) is 32.3 Å². The molecular formula is C12H12BrN3. The second-order valence-electron chi connectivity index (χ2n) is 4.75. The minimum atomic E-state index is -0.0845. The van der Waals surface area contributed by atoms with Crippen LogP contribution in [0.2, 0.25) is 0 Å². The van der Waals surface area contributed by atoms with Gasteiger partial charge in [-0.25, -0.2) is 4.98 Å². The van der Waals surface area contributed by atoms with Gasteiger partial charge < -0.3 is 4.40 Å². The van der Waals surface area contributed by atoms with Crippen LogP contribution in [0.5, 0.6) is 0 Å². The summed E-state index contributed by atoms with van der Waals surface area (Å²) in [7, 11) is 0. The third-order valence-electron chi connectivity index (χ3n) is 2.38. The zero-order valence-electron chi connectivity index (χ0n) is 9.45. The highest BCUT2D eigenvalue weighted by atomic mass is 79.9. The molecule has 0 saturated heterocycles. The zero-order chi connectivity index (χ0) is 11.9. The molecule has 0 radical (unpaired) electrons. The number of hydrogen-bond donors (Lipinski definition) is 0. The van der Waals surface area contributed by atoms with Crippen molar-refractivity contribution in [1.29, 1.82) is 5.26 Å². The molecule has 0 aromatic carbocycles. The van der Waals surface area contributed by atoms with E-state index in [1.54, 1.807) is 0 Å². The average Bonchev–Trinajstić information content (AvgIpc) is 2.54. The molecule has 0 N–H and O–H groups in total. The Morgan fingerprint density at radius 3 is 2.62 bits per heavy atom. The molecule has 2 heterocycles.